The zero-order valence-electron chi connectivity index (χ0n) is 27.1. The van der Waals surface area contributed by atoms with Crippen LogP contribution in [0.25, 0.3) is 11.3 Å². The van der Waals surface area contributed by atoms with Crippen LogP contribution in [0, 0.1) is 5.92 Å². The van der Waals surface area contributed by atoms with Crippen molar-refractivity contribution in [2.45, 2.75) is 90.5 Å². The number of rotatable bonds is 9. The number of hydrogen-bond donors (Lipinski definition) is 1. The van der Waals surface area contributed by atoms with Crippen LogP contribution in [0.15, 0.2) is 24.3 Å². The number of nitrogens with zero attached hydrogens (tertiary/aromatic N) is 3. The summed E-state index contributed by atoms with van der Waals surface area (Å²) in [4.78, 5) is 32.5. The molecule has 1 aromatic carbocycles. The lowest BCUT2D eigenvalue weighted by Gasteiger charge is -2.38. The molecule has 1 aliphatic heterocycles. The molecule has 11 heteroatoms. The van der Waals surface area contributed by atoms with Crippen molar-refractivity contribution in [3.63, 3.8) is 0 Å². The SMILES string of the molecule is COC(=O)c1c(-c2ccc(OC)cc2)nc(C(CCO[Si](C)(C)C(C)(C)C)C2CCN(C(=O)OC(C)(C)C)CC2)n1N. The molecule has 0 spiro atoms. The Morgan fingerprint density at radius 3 is 2.14 bits per heavy atom. The molecular weight excluding hydrogens is 552 g/mol. The molecule has 2 N–H and O–H groups in total. The first-order chi connectivity index (χ1) is 19.5. The number of carbonyl (C=O) groups is 2. The number of nitrogens with two attached hydrogens (primary N) is 1. The summed E-state index contributed by atoms with van der Waals surface area (Å²) in [6, 6.07) is 7.35. The molecule has 42 heavy (non-hydrogen) atoms. The maximum atomic E-state index is 13.0. The Hall–Kier alpha value is -3.05. The normalized spacial score (nSPS) is 15.8. The lowest BCUT2D eigenvalue weighted by molar-refractivity contribution is 0.0168. The van der Waals surface area contributed by atoms with Crippen molar-refractivity contribution in [1.29, 1.82) is 0 Å². The zero-order chi connectivity index (χ0) is 31.5. The molecule has 1 aromatic heterocycles. The summed E-state index contributed by atoms with van der Waals surface area (Å²) in [7, 11) is 0.951. The highest BCUT2D eigenvalue weighted by molar-refractivity contribution is 6.74. The minimum absolute atomic E-state index is 0.0766. The van der Waals surface area contributed by atoms with Crippen molar-refractivity contribution in [3.8, 4) is 17.0 Å². The second-order valence-electron chi connectivity index (χ2n) is 13.6. The lowest BCUT2D eigenvalue weighted by Crippen LogP contribution is -2.43. The van der Waals surface area contributed by atoms with Crippen LogP contribution in [0.3, 0.4) is 0 Å². The number of ether oxygens (including phenoxy) is 3. The fraction of sp³-hybridized carbons (Fsp3) is 0.645. The fourth-order valence-electron chi connectivity index (χ4n) is 5.00. The molecule has 2 aromatic rings. The highest BCUT2D eigenvalue weighted by Gasteiger charge is 2.39. The van der Waals surface area contributed by atoms with Gasteiger partial charge in [-0.3, -0.25) is 0 Å². The summed E-state index contributed by atoms with van der Waals surface area (Å²) in [6.45, 7) is 18.4. The van der Waals surface area contributed by atoms with E-state index < -0.39 is 19.9 Å². The fourth-order valence-corrected chi connectivity index (χ4v) is 6.06. The molecule has 3 rings (SSSR count). The van der Waals surface area contributed by atoms with Crippen LogP contribution < -0.4 is 10.6 Å². The minimum Gasteiger partial charge on any atom is -0.497 e. The van der Waals surface area contributed by atoms with Gasteiger partial charge in [-0.1, -0.05) is 20.8 Å². The Morgan fingerprint density at radius 1 is 1.05 bits per heavy atom. The van der Waals surface area contributed by atoms with Gasteiger partial charge in [-0.2, -0.15) is 0 Å². The smallest absolute Gasteiger partial charge is 0.410 e. The average molecular weight is 603 g/mol. The monoisotopic (exact) mass is 602 g/mol. The molecule has 0 radical (unpaired) electrons. The second kappa shape index (κ2) is 13.1. The molecule has 234 valence electrons. The zero-order valence-corrected chi connectivity index (χ0v) is 28.1. The number of likely N-dealkylation sites (tertiary alicyclic amines) is 1. The third-order valence-electron chi connectivity index (χ3n) is 8.47. The van der Waals surface area contributed by atoms with Crippen molar-refractivity contribution < 1.29 is 28.2 Å². The quantitative estimate of drug-likeness (QED) is 0.205. The summed E-state index contributed by atoms with van der Waals surface area (Å²) in [5.74, 6) is 7.48. The molecule has 1 aliphatic rings. The summed E-state index contributed by atoms with van der Waals surface area (Å²) in [5.41, 5.74) is 0.838. The summed E-state index contributed by atoms with van der Waals surface area (Å²) >= 11 is 0. The highest BCUT2D eigenvalue weighted by Crippen LogP contribution is 2.40. The number of methoxy groups -OCH3 is 2. The van der Waals surface area contributed by atoms with E-state index in [9.17, 15) is 9.59 Å². The predicted octanol–water partition coefficient (Wildman–Crippen LogP) is 6.20. The van der Waals surface area contributed by atoms with Crippen molar-refractivity contribution in [3.05, 3.63) is 35.8 Å². The van der Waals surface area contributed by atoms with E-state index in [2.05, 4.69) is 33.9 Å². The van der Waals surface area contributed by atoms with Crippen LogP contribution in [0.5, 0.6) is 5.75 Å². The van der Waals surface area contributed by atoms with Gasteiger partial charge in [-0.25, -0.2) is 19.2 Å². The van der Waals surface area contributed by atoms with E-state index in [4.69, 9.17) is 29.5 Å². The molecule has 2 heterocycles. The second-order valence-corrected chi connectivity index (χ2v) is 18.4. The Bertz CT molecular complexity index is 1220. The number of hydrogen-bond acceptors (Lipinski definition) is 8. The predicted molar refractivity (Wildman–Crippen MR) is 167 cm³/mol. The molecular formula is C31H50N4O6Si. The Morgan fingerprint density at radius 2 is 1.64 bits per heavy atom. The standard InChI is InChI=1S/C31H50N4O6Si/c1-30(2,3)41-29(37)34-18-15-21(16-19-34)24(17-20-40-42(9,10)31(4,5)6)27-33-25(26(35(27)32)28(36)39-8)22-11-13-23(38-7)14-12-22/h11-14,21,24H,15-20,32H2,1-10H3. The van der Waals surface area contributed by atoms with Crippen LogP contribution in [0.4, 0.5) is 4.79 Å². The number of nitrogen functional groups attached to an aromatic ring is 1. The number of piperidine rings is 1. The van der Waals surface area contributed by atoms with Gasteiger partial charge in [0, 0.05) is 31.2 Å². The van der Waals surface area contributed by atoms with E-state index in [1.807, 2.05) is 45.0 Å². The topological polar surface area (TPSA) is 118 Å². The van der Waals surface area contributed by atoms with E-state index >= 15 is 0 Å². The van der Waals surface area contributed by atoms with Gasteiger partial charge < -0.3 is 29.4 Å². The maximum Gasteiger partial charge on any atom is 0.410 e. The van der Waals surface area contributed by atoms with Gasteiger partial charge in [0.05, 0.1) is 14.2 Å². The summed E-state index contributed by atoms with van der Waals surface area (Å²) in [6.07, 6.45) is 1.89. The third kappa shape index (κ3) is 7.86. The van der Waals surface area contributed by atoms with Crippen LogP contribution in [0.1, 0.15) is 83.0 Å². The van der Waals surface area contributed by atoms with E-state index in [1.54, 1.807) is 12.0 Å². The van der Waals surface area contributed by atoms with Gasteiger partial charge in [0.1, 0.15) is 22.9 Å². The van der Waals surface area contributed by atoms with Gasteiger partial charge in [0.15, 0.2) is 14.0 Å². The molecule has 0 aliphatic carbocycles. The van der Waals surface area contributed by atoms with E-state index in [0.717, 1.165) is 18.4 Å². The van der Waals surface area contributed by atoms with Crippen LogP contribution in [-0.4, -0.2) is 74.5 Å². The Labute approximate surface area is 252 Å². The van der Waals surface area contributed by atoms with Gasteiger partial charge in [-0.05, 0) is 88.3 Å². The van der Waals surface area contributed by atoms with Crippen molar-refractivity contribution in [1.82, 2.24) is 14.6 Å². The number of benzene rings is 1. The van der Waals surface area contributed by atoms with Crippen LogP contribution in [0.2, 0.25) is 18.1 Å². The van der Waals surface area contributed by atoms with E-state index in [0.29, 0.717) is 43.4 Å². The maximum absolute atomic E-state index is 13.0. The third-order valence-corrected chi connectivity index (χ3v) is 13.0. The molecule has 1 amide bonds. The van der Waals surface area contributed by atoms with Gasteiger partial charge in [-0.15, -0.1) is 0 Å². The van der Waals surface area contributed by atoms with Gasteiger partial charge >= 0.3 is 12.1 Å². The number of esters is 1. The molecule has 0 saturated carbocycles. The van der Waals surface area contributed by atoms with E-state index in [-0.39, 0.29) is 28.7 Å². The average Bonchev–Trinajstić information content (AvgIpc) is 3.25. The Kier molecular flexibility index (Phi) is 10.4. The number of aromatic nitrogens is 2. The summed E-state index contributed by atoms with van der Waals surface area (Å²) < 4.78 is 24.0. The number of amides is 1. The van der Waals surface area contributed by atoms with Crippen LogP contribution in [-0.2, 0) is 13.9 Å². The first kappa shape index (κ1) is 33.4. The largest absolute Gasteiger partial charge is 0.497 e. The molecule has 1 unspecified atom stereocenters. The summed E-state index contributed by atoms with van der Waals surface area (Å²) in [5, 5.41) is 0.0766. The molecule has 10 nitrogen and oxygen atoms in total. The highest BCUT2D eigenvalue weighted by atomic mass is 28.4. The van der Waals surface area contributed by atoms with E-state index in [1.165, 1.54) is 11.8 Å². The Balaban J connectivity index is 1.97. The first-order valence-electron chi connectivity index (χ1n) is 14.7. The van der Waals surface area contributed by atoms with Gasteiger partial charge in [0.2, 0.25) is 0 Å². The molecule has 1 fully saturated rings. The lowest BCUT2D eigenvalue weighted by atomic mass is 9.82. The van der Waals surface area contributed by atoms with Crippen LogP contribution >= 0.6 is 0 Å². The van der Waals surface area contributed by atoms with Crippen molar-refractivity contribution >= 4 is 20.4 Å². The number of carbonyl (C=O) groups excluding carboxylic acids is 2. The minimum atomic E-state index is -1.99. The molecule has 1 atom stereocenters. The van der Waals surface area contributed by atoms with Crippen molar-refractivity contribution in [2.75, 3.05) is 39.8 Å². The molecule has 0 bridgehead atoms. The van der Waals surface area contributed by atoms with Crippen molar-refractivity contribution in [2.24, 2.45) is 5.92 Å². The first-order valence-corrected chi connectivity index (χ1v) is 17.6. The van der Waals surface area contributed by atoms with Gasteiger partial charge in [0.25, 0.3) is 0 Å². The molecule has 1 saturated heterocycles. The number of imidazole rings is 1.